The summed E-state index contributed by atoms with van der Waals surface area (Å²) in [4.78, 5) is 3.94. The second kappa shape index (κ2) is 3.37. The molecule has 0 bridgehead atoms. The molecule has 0 unspecified atom stereocenters. The first-order valence-electron chi connectivity index (χ1n) is 3.60. The van der Waals surface area contributed by atoms with Gasteiger partial charge in [-0.1, -0.05) is 23.2 Å². The Hall–Kier alpha value is -0.440. The van der Waals surface area contributed by atoms with Crippen molar-refractivity contribution in [1.82, 2.24) is 0 Å². The van der Waals surface area contributed by atoms with Crippen molar-refractivity contribution in [3.05, 3.63) is 28.8 Å². The van der Waals surface area contributed by atoms with Crippen LogP contribution in [0, 0.1) is 0 Å². The Bertz CT molecular complexity index is 376. The highest BCUT2D eigenvalue weighted by atomic mass is 35.5. The summed E-state index contributed by atoms with van der Waals surface area (Å²) in [6.07, 6.45) is 0. The van der Waals surface area contributed by atoms with Crippen LogP contribution in [0.3, 0.4) is 0 Å². The Morgan fingerprint density at radius 1 is 1.31 bits per heavy atom. The van der Waals surface area contributed by atoms with Gasteiger partial charge in [0.15, 0.2) is 10.8 Å². The van der Waals surface area contributed by atoms with Gasteiger partial charge in [-0.25, -0.2) is 4.99 Å². The van der Waals surface area contributed by atoms with E-state index < -0.39 is 5.50 Å². The van der Waals surface area contributed by atoms with Crippen molar-refractivity contribution < 1.29 is 0 Å². The number of hydrogen-bond donors (Lipinski definition) is 1. The minimum Gasteiger partial charge on any atom is -0.330 e. The number of aliphatic imine (C=N–C) groups is 1. The molecule has 0 aromatic heterocycles. The fourth-order valence-electron chi connectivity index (χ4n) is 1.16. The minimum atomic E-state index is -0.456. The first kappa shape index (κ1) is 9.13. The van der Waals surface area contributed by atoms with Gasteiger partial charge in [-0.15, -0.1) is 0 Å². The molecule has 68 valence electrons. The van der Waals surface area contributed by atoms with Crippen molar-refractivity contribution in [1.29, 1.82) is 0 Å². The summed E-state index contributed by atoms with van der Waals surface area (Å²) in [7, 11) is 0. The number of nitrogens with one attached hydrogen (secondary N) is 1. The molecule has 1 atom stereocenters. The molecule has 0 radical (unpaired) electrons. The molecule has 1 aromatic rings. The molecule has 0 spiro atoms. The topological polar surface area (TPSA) is 24.4 Å². The maximum atomic E-state index is 5.94. The predicted molar refractivity (Wildman–Crippen MR) is 57.0 cm³/mol. The van der Waals surface area contributed by atoms with E-state index >= 15 is 0 Å². The number of fused-ring (bicyclic) bond motifs is 1. The molecule has 0 aliphatic carbocycles. The molecular formula is C8H5Cl3N2. The first-order valence-corrected chi connectivity index (χ1v) is 4.80. The maximum Gasteiger partial charge on any atom is 0.197 e. The van der Waals surface area contributed by atoms with Gasteiger partial charge in [-0.05, 0) is 29.8 Å². The minimum absolute atomic E-state index is 0.301. The van der Waals surface area contributed by atoms with Crippen molar-refractivity contribution >= 4 is 45.8 Å². The quantitative estimate of drug-likeness (QED) is 0.539. The molecule has 1 N–H and O–H groups in total. The first-order chi connectivity index (χ1) is 6.16. The Morgan fingerprint density at radius 3 is 2.85 bits per heavy atom. The highest BCUT2D eigenvalue weighted by Crippen LogP contribution is 2.34. The molecule has 2 nitrogen and oxygen atoms in total. The fourth-order valence-corrected chi connectivity index (χ4v) is 1.86. The highest BCUT2D eigenvalue weighted by molar-refractivity contribution is 6.68. The molecule has 1 heterocycles. The zero-order valence-electron chi connectivity index (χ0n) is 6.39. The Kier molecular flexibility index (Phi) is 2.37. The average molecular weight is 236 g/mol. The fraction of sp³-hybridized carbons (Fsp3) is 0.125. The van der Waals surface area contributed by atoms with E-state index in [0.717, 1.165) is 11.3 Å². The van der Waals surface area contributed by atoms with Crippen LogP contribution in [0.25, 0.3) is 0 Å². The average Bonchev–Trinajstić information content (AvgIpc) is 2.06. The van der Waals surface area contributed by atoms with Crippen LogP contribution < -0.4 is 5.32 Å². The van der Waals surface area contributed by atoms with E-state index in [4.69, 9.17) is 34.8 Å². The van der Waals surface area contributed by atoms with E-state index in [1.165, 1.54) is 0 Å². The number of alkyl halides is 1. The molecule has 0 saturated heterocycles. The summed E-state index contributed by atoms with van der Waals surface area (Å²) in [5.41, 5.74) is 1.24. The van der Waals surface area contributed by atoms with Crippen molar-refractivity contribution in [2.45, 2.75) is 5.50 Å². The zero-order valence-corrected chi connectivity index (χ0v) is 8.66. The van der Waals surface area contributed by atoms with Gasteiger partial charge in [0.25, 0.3) is 0 Å². The maximum absolute atomic E-state index is 5.94. The smallest absolute Gasteiger partial charge is 0.197 e. The van der Waals surface area contributed by atoms with Crippen molar-refractivity contribution in [3.8, 4) is 0 Å². The van der Waals surface area contributed by atoms with Gasteiger partial charge in [-0.3, -0.25) is 0 Å². The molecule has 0 amide bonds. The van der Waals surface area contributed by atoms with Gasteiger partial charge in [0.05, 0.1) is 0 Å². The van der Waals surface area contributed by atoms with E-state index in [-0.39, 0.29) is 0 Å². The Labute approximate surface area is 90.5 Å². The third-order valence-corrected chi connectivity index (χ3v) is 2.49. The predicted octanol–water partition coefficient (Wildman–Crippen LogP) is 3.60. The van der Waals surface area contributed by atoms with E-state index in [9.17, 15) is 0 Å². The van der Waals surface area contributed by atoms with Gasteiger partial charge in [-0.2, -0.15) is 0 Å². The molecular weight excluding hydrogens is 230 g/mol. The van der Waals surface area contributed by atoms with Crippen LogP contribution >= 0.6 is 34.8 Å². The van der Waals surface area contributed by atoms with Crippen molar-refractivity contribution in [2.75, 3.05) is 5.32 Å². The SMILES string of the molecule is ClC1=N[C@@H](Cl)c2cc(Cl)ccc2N1. The summed E-state index contributed by atoms with van der Waals surface area (Å²) in [5, 5.41) is 3.83. The third-order valence-electron chi connectivity index (χ3n) is 1.73. The molecule has 5 heteroatoms. The number of hydrogen-bond acceptors (Lipinski definition) is 2. The van der Waals surface area contributed by atoms with Crippen LogP contribution in [0.4, 0.5) is 5.69 Å². The van der Waals surface area contributed by atoms with Crippen LogP contribution in [0.2, 0.25) is 5.02 Å². The van der Waals surface area contributed by atoms with Gasteiger partial charge >= 0.3 is 0 Å². The molecule has 0 fully saturated rings. The molecule has 1 aliphatic rings. The lowest BCUT2D eigenvalue weighted by molar-refractivity contribution is 1.01. The number of nitrogens with zero attached hydrogens (tertiary/aromatic N) is 1. The number of halogens is 3. The largest absolute Gasteiger partial charge is 0.330 e. The number of benzene rings is 1. The monoisotopic (exact) mass is 234 g/mol. The van der Waals surface area contributed by atoms with Gasteiger partial charge in [0.1, 0.15) is 0 Å². The Balaban J connectivity index is 2.50. The zero-order chi connectivity index (χ0) is 9.42. The second-order valence-electron chi connectivity index (χ2n) is 2.61. The summed E-state index contributed by atoms with van der Waals surface area (Å²) < 4.78 is 0. The summed E-state index contributed by atoms with van der Waals surface area (Å²) >= 11 is 17.5. The summed E-state index contributed by atoms with van der Waals surface area (Å²) in [6, 6.07) is 5.37. The van der Waals surface area contributed by atoms with Crippen LogP contribution in [0.5, 0.6) is 0 Å². The second-order valence-corrected chi connectivity index (χ2v) is 3.82. The van der Waals surface area contributed by atoms with Crippen molar-refractivity contribution in [2.24, 2.45) is 4.99 Å². The molecule has 1 aromatic carbocycles. The molecule has 13 heavy (non-hydrogen) atoms. The lowest BCUT2D eigenvalue weighted by Gasteiger charge is -2.18. The van der Waals surface area contributed by atoms with Gasteiger partial charge in [0, 0.05) is 16.3 Å². The highest BCUT2D eigenvalue weighted by Gasteiger charge is 2.18. The van der Waals surface area contributed by atoms with Crippen LogP contribution in [0.15, 0.2) is 23.2 Å². The number of amidine groups is 1. The standard InChI is InChI=1S/C8H5Cl3N2/c9-4-1-2-6-5(3-4)7(10)13-8(11)12-6/h1-3,7H,(H,12,13)/t7-/m1/s1. The van der Waals surface area contributed by atoms with Gasteiger partial charge in [0.2, 0.25) is 0 Å². The number of rotatable bonds is 0. The van der Waals surface area contributed by atoms with Gasteiger partial charge < -0.3 is 5.32 Å². The summed E-state index contributed by atoms with van der Waals surface area (Å²) in [6.45, 7) is 0. The Morgan fingerprint density at radius 2 is 2.08 bits per heavy atom. The molecule has 2 rings (SSSR count). The lowest BCUT2D eigenvalue weighted by Crippen LogP contribution is -2.13. The molecule has 0 saturated carbocycles. The lowest BCUT2D eigenvalue weighted by atomic mass is 10.1. The van der Waals surface area contributed by atoms with E-state index in [0.29, 0.717) is 10.3 Å². The van der Waals surface area contributed by atoms with Crippen molar-refractivity contribution in [3.63, 3.8) is 0 Å². The van der Waals surface area contributed by atoms with E-state index in [1.54, 1.807) is 12.1 Å². The van der Waals surface area contributed by atoms with Crippen LogP contribution in [0.1, 0.15) is 11.1 Å². The normalized spacial score (nSPS) is 20.2. The summed E-state index contributed by atoms with van der Waals surface area (Å²) in [5.74, 6) is 0. The third kappa shape index (κ3) is 1.75. The number of anilines is 1. The van der Waals surface area contributed by atoms with Crippen LogP contribution in [-0.2, 0) is 0 Å². The molecule has 1 aliphatic heterocycles. The van der Waals surface area contributed by atoms with E-state index in [2.05, 4.69) is 10.3 Å². The van der Waals surface area contributed by atoms with Crippen LogP contribution in [-0.4, -0.2) is 5.29 Å². The van der Waals surface area contributed by atoms with E-state index in [1.807, 2.05) is 6.07 Å².